The summed E-state index contributed by atoms with van der Waals surface area (Å²) in [7, 11) is 0. The van der Waals surface area contributed by atoms with E-state index >= 15 is 0 Å². The van der Waals surface area contributed by atoms with Gasteiger partial charge in [-0.3, -0.25) is 16.3 Å². The zero-order chi connectivity index (χ0) is 13.7. The van der Waals surface area contributed by atoms with E-state index in [1.54, 1.807) is 6.20 Å². The Kier molecular flexibility index (Phi) is 5.81. The molecule has 1 fully saturated rings. The predicted octanol–water partition coefficient (Wildman–Crippen LogP) is 2.22. The third-order valence-electron chi connectivity index (χ3n) is 2.86. The smallest absolute Gasteiger partial charge is 0.138 e. The van der Waals surface area contributed by atoms with E-state index in [4.69, 9.17) is 10.6 Å². The van der Waals surface area contributed by atoms with E-state index < -0.39 is 0 Å². The summed E-state index contributed by atoms with van der Waals surface area (Å²) in [6.07, 6.45) is 3.78. The second kappa shape index (κ2) is 7.38. The summed E-state index contributed by atoms with van der Waals surface area (Å²) in [6.45, 7) is 4.03. The fourth-order valence-electron chi connectivity index (χ4n) is 2.06. The standard InChI is InChI=1S/C13H21N3OS2/c1-9(2)17-11-5-10(6-15-7-11)13(16-14)12-8-18-3-4-19-12/h5-7,9,12-13,16H,3-4,8,14H2,1-2H3. The molecule has 2 atom stereocenters. The number of hydrogen-bond acceptors (Lipinski definition) is 6. The summed E-state index contributed by atoms with van der Waals surface area (Å²) in [5.41, 5.74) is 4.04. The molecule has 1 aromatic rings. The Bertz CT molecular complexity index is 397. The molecule has 0 radical (unpaired) electrons. The molecule has 6 heteroatoms. The molecule has 0 amide bonds. The highest BCUT2D eigenvalue weighted by atomic mass is 32.2. The molecule has 0 saturated carbocycles. The molecule has 106 valence electrons. The van der Waals surface area contributed by atoms with Crippen LogP contribution in [0, 0.1) is 0 Å². The van der Waals surface area contributed by atoms with Gasteiger partial charge in [-0.1, -0.05) is 0 Å². The summed E-state index contributed by atoms with van der Waals surface area (Å²) < 4.78 is 5.69. The average Bonchev–Trinajstić information content (AvgIpc) is 2.40. The summed E-state index contributed by atoms with van der Waals surface area (Å²) in [5.74, 6) is 10.1. The molecule has 0 aromatic carbocycles. The van der Waals surface area contributed by atoms with Crippen LogP contribution in [0.3, 0.4) is 0 Å². The summed E-state index contributed by atoms with van der Waals surface area (Å²) in [6, 6.07) is 2.16. The number of hydrogen-bond donors (Lipinski definition) is 2. The second-order valence-corrected chi connectivity index (χ2v) is 7.25. The Morgan fingerprint density at radius 2 is 2.26 bits per heavy atom. The maximum atomic E-state index is 5.75. The second-order valence-electron chi connectivity index (χ2n) is 4.75. The molecule has 2 unspecified atom stereocenters. The maximum absolute atomic E-state index is 5.75. The van der Waals surface area contributed by atoms with Gasteiger partial charge in [-0.15, -0.1) is 0 Å². The summed E-state index contributed by atoms with van der Waals surface area (Å²) >= 11 is 3.97. The van der Waals surface area contributed by atoms with Crippen LogP contribution in [-0.2, 0) is 0 Å². The van der Waals surface area contributed by atoms with E-state index in [9.17, 15) is 0 Å². The van der Waals surface area contributed by atoms with E-state index in [2.05, 4.69) is 10.4 Å². The molecule has 1 aliphatic heterocycles. The van der Waals surface area contributed by atoms with Crippen molar-refractivity contribution in [3.05, 3.63) is 24.0 Å². The van der Waals surface area contributed by atoms with Crippen molar-refractivity contribution in [1.82, 2.24) is 10.4 Å². The van der Waals surface area contributed by atoms with Crippen LogP contribution in [0.5, 0.6) is 5.75 Å². The van der Waals surface area contributed by atoms with Crippen molar-refractivity contribution in [1.29, 1.82) is 0 Å². The first-order valence-electron chi connectivity index (χ1n) is 6.47. The van der Waals surface area contributed by atoms with Crippen molar-refractivity contribution in [2.75, 3.05) is 17.3 Å². The Morgan fingerprint density at radius 3 is 2.89 bits per heavy atom. The molecule has 1 saturated heterocycles. The molecule has 0 bridgehead atoms. The first-order valence-corrected chi connectivity index (χ1v) is 8.68. The summed E-state index contributed by atoms with van der Waals surface area (Å²) in [4.78, 5) is 4.26. The lowest BCUT2D eigenvalue weighted by Gasteiger charge is -2.29. The molecule has 1 aromatic heterocycles. The lowest BCUT2D eigenvalue weighted by atomic mass is 10.1. The van der Waals surface area contributed by atoms with Crippen LogP contribution < -0.4 is 16.0 Å². The van der Waals surface area contributed by atoms with Gasteiger partial charge in [0.25, 0.3) is 0 Å². The molecule has 2 rings (SSSR count). The highest BCUT2D eigenvalue weighted by Gasteiger charge is 2.25. The van der Waals surface area contributed by atoms with Gasteiger partial charge >= 0.3 is 0 Å². The Hall–Kier alpha value is -0.430. The number of nitrogens with one attached hydrogen (secondary N) is 1. The quantitative estimate of drug-likeness (QED) is 0.642. The first-order chi connectivity index (χ1) is 9.20. The largest absolute Gasteiger partial charge is 0.489 e. The molecule has 2 heterocycles. The van der Waals surface area contributed by atoms with Crippen LogP contribution >= 0.6 is 23.5 Å². The molecule has 1 aliphatic rings. The Balaban J connectivity index is 2.12. The fourth-order valence-corrected chi connectivity index (χ4v) is 4.91. The van der Waals surface area contributed by atoms with Crippen molar-refractivity contribution in [2.45, 2.75) is 31.2 Å². The number of hydrazine groups is 1. The van der Waals surface area contributed by atoms with Gasteiger partial charge in [0.1, 0.15) is 5.75 Å². The Morgan fingerprint density at radius 1 is 1.42 bits per heavy atom. The molecule has 4 nitrogen and oxygen atoms in total. The molecular weight excluding hydrogens is 278 g/mol. The zero-order valence-electron chi connectivity index (χ0n) is 11.3. The van der Waals surface area contributed by atoms with Gasteiger partial charge in [0.15, 0.2) is 0 Å². The average molecular weight is 299 g/mol. The lowest BCUT2D eigenvalue weighted by molar-refractivity contribution is 0.241. The van der Waals surface area contributed by atoms with Gasteiger partial charge in [0.2, 0.25) is 0 Å². The number of nitrogens with zero attached hydrogens (tertiary/aromatic N) is 1. The molecule has 3 N–H and O–H groups in total. The van der Waals surface area contributed by atoms with E-state index in [0.717, 1.165) is 17.1 Å². The van der Waals surface area contributed by atoms with Crippen LogP contribution in [-0.4, -0.2) is 33.6 Å². The monoisotopic (exact) mass is 299 g/mol. The van der Waals surface area contributed by atoms with Gasteiger partial charge in [-0.05, 0) is 25.5 Å². The number of rotatable bonds is 5. The van der Waals surface area contributed by atoms with Gasteiger partial charge in [-0.25, -0.2) is 0 Å². The molecule has 0 aliphatic carbocycles. The van der Waals surface area contributed by atoms with Crippen LogP contribution in [0.25, 0.3) is 0 Å². The van der Waals surface area contributed by atoms with Crippen molar-refractivity contribution < 1.29 is 4.74 Å². The SMILES string of the molecule is CC(C)Oc1cncc(C(NN)C2CSCCS2)c1. The highest BCUT2D eigenvalue weighted by Crippen LogP contribution is 2.33. The van der Waals surface area contributed by atoms with E-state index in [-0.39, 0.29) is 12.1 Å². The number of pyridine rings is 1. The number of aromatic nitrogens is 1. The lowest BCUT2D eigenvalue weighted by Crippen LogP contribution is -2.37. The van der Waals surface area contributed by atoms with E-state index in [1.165, 1.54) is 11.5 Å². The van der Waals surface area contributed by atoms with Gasteiger partial charge in [-0.2, -0.15) is 23.5 Å². The van der Waals surface area contributed by atoms with E-state index in [0.29, 0.717) is 5.25 Å². The van der Waals surface area contributed by atoms with E-state index in [1.807, 2.05) is 49.6 Å². The fraction of sp³-hybridized carbons (Fsp3) is 0.615. The predicted molar refractivity (Wildman–Crippen MR) is 83.6 cm³/mol. The Labute approximate surface area is 123 Å². The van der Waals surface area contributed by atoms with Crippen molar-refractivity contribution in [3.8, 4) is 5.75 Å². The van der Waals surface area contributed by atoms with Crippen molar-refractivity contribution >= 4 is 23.5 Å². The minimum atomic E-state index is 0.126. The zero-order valence-corrected chi connectivity index (χ0v) is 13.0. The minimum absolute atomic E-state index is 0.126. The third-order valence-corrected chi connectivity index (χ3v) is 5.72. The van der Waals surface area contributed by atoms with Crippen molar-refractivity contribution in [2.24, 2.45) is 5.84 Å². The minimum Gasteiger partial charge on any atom is -0.489 e. The number of ether oxygens (including phenoxy) is 1. The van der Waals surface area contributed by atoms with Crippen LogP contribution in [0.1, 0.15) is 25.5 Å². The normalized spacial score (nSPS) is 21.4. The topological polar surface area (TPSA) is 60.2 Å². The maximum Gasteiger partial charge on any atom is 0.138 e. The van der Waals surface area contributed by atoms with Crippen LogP contribution in [0.4, 0.5) is 0 Å². The molecule has 0 spiro atoms. The number of thioether (sulfide) groups is 2. The summed E-state index contributed by atoms with van der Waals surface area (Å²) in [5, 5.41) is 0.486. The van der Waals surface area contributed by atoms with Crippen LogP contribution in [0.15, 0.2) is 18.5 Å². The van der Waals surface area contributed by atoms with Gasteiger partial charge in [0.05, 0.1) is 18.3 Å². The molecular formula is C13H21N3OS2. The molecule has 19 heavy (non-hydrogen) atoms. The van der Waals surface area contributed by atoms with Crippen LogP contribution in [0.2, 0.25) is 0 Å². The first kappa shape index (κ1) is 15.0. The van der Waals surface area contributed by atoms with Gasteiger partial charge < -0.3 is 4.74 Å². The third kappa shape index (κ3) is 4.27. The van der Waals surface area contributed by atoms with Gasteiger partial charge in [0, 0.05) is 28.7 Å². The number of nitrogens with two attached hydrogens (primary N) is 1. The highest BCUT2D eigenvalue weighted by molar-refractivity contribution is 8.06. The van der Waals surface area contributed by atoms with Crippen molar-refractivity contribution in [3.63, 3.8) is 0 Å².